The quantitative estimate of drug-likeness (QED) is 0.825. The van der Waals surface area contributed by atoms with Gasteiger partial charge in [0.2, 0.25) is 10.0 Å². The van der Waals surface area contributed by atoms with E-state index in [-0.39, 0.29) is 5.75 Å². The molecule has 1 aliphatic rings. The van der Waals surface area contributed by atoms with Crippen molar-refractivity contribution in [2.75, 3.05) is 32.0 Å². The number of hydrogen-bond donors (Lipinski definition) is 1. The minimum atomic E-state index is -3.31. The molecule has 0 saturated carbocycles. The third kappa shape index (κ3) is 3.22. The van der Waals surface area contributed by atoms with Crippen molar-refractivity contribution in [2.45, 2.75) is 12.2 Å². The summed E-state index contributed by atoms with van der Waals surface area (Å²) in [5.74, 6) is -0.0420. The lowest BCUT2D eigenvalue weighted by molar-refractivity contribution is 0.148. The minimum absolute atomic E-state index is 0.0420. The number of benzene rings is 1. The zero-order chi connectivity index (χ0) is 13.0. The second kappa shape index (κ2) is 5.69. The number of para-hydroxylation sites is 1. The summed E-state index contributed by atoms with van der Waals surface area (Å²) in [6.07, 6.45) is 0.740. The molecule has 0 aromatic heterocycles. The molecule has 1 saturated heterocycles. The lowest BCUT2D eigenvalue weighted by atomic mass is 10.2. The van der Waals surface area contributed by atoms with Gasteiger partial charge in [0.1, 0.15) is 0 Å². The highest BCUT2D eigenvalue weighted by Crippen LogP contribution is 2.17. The summed E-state index contributed by atoms with van der Waals surface area (Å²) in [6.45, 7) is 2.03. The number of rotatable bonds is 3. The van der Waals surface area contributed by atoms with Crippen LogP contribution in [0.4, 0.5) is 5.69 Å². The Kier molecular flexibility index (Phi) is 4.21. The average molecular weight is 270 g/mol. The zero-order valence-corrected chi connectivity index (χ0v) is 11.0. The summed E-state index contributed by atoms with van der Waals surface area (Å²) < 4.78 is 31.3. The Morgan fingerprint density at radius 2 is 2.00 bits per heavy atom. The Bertz CT molecular complexity index is 494. The highest BCUT2D eigenvalue weighted by Gasteiger charge is 2.24. The predicted molar refractivity (Wildman–Crippen MR) is 70.5 cm³/mol. The number of ether oxygens (including phenoxy) is 1. The Morgan fingerprint density at radius 1 is 1.22 bits per heavy atom. The minimum Gasteiger partial charge on any atom is -0.398 e. The van der Waals surface area contributed by atoms with Crippen molar-refractivity contribution in [1.82, 2.24) is 4.31 Å². The van der Waals surface area contributed by atoms with E-state index in [0.717, 1.165) is 6.42 Å². The SMILES string of the molecule is Nc1ccccc1CS(=O)(=O)N1CCCOCC1. The molecule has 2 N–H and O–H groups in total. The maximum absolute atomic E-state index is 12.3. The van der Waals surface area contributed by atoms with Crippen molar-refractivity contribution in [3.63, 3.8) is 0 Å². The molecule has 1 aliphatic heterocycles. The number of anilines is 1. The molecule has 0 radical (unpaired) electrons. The molecule has 0 bridgehead atoms. The Morgan fingerprint density at radius 3 is 2.78 bits per heavy atom. The zero-order valence-electron chi connectivity index (χ0n) is 10.2. The maximum atomic E-state index is 12.3. The van der Waals surface area contributed by atoms with Gasteiger partial charge in [-0.15, -0.1) is 0 Å². The van der Waals surface area contributed by atoms with Crippen LogP contribution in [0.2, 0.25) is 0 Å². The van der Waals surface area contributed by atoms with E-state index >= 15 is 0 Å². The summed E-state index contributed by atoms with van der Waals surface area (Å²) in [6, 6.07) is 7.07. The summed E-state index contributed by atoms with van der Waals surface area (Å²) in [5.41, 5.74) is 6.96. The second-order valence-corrected chi connectivity index (χ2v) is 6.29. The summed E-state index contributed by atoms with van der Waals surface area (Å²) in [4.78, 5) is 0. The standard InChI is InChI=1S/C12H18N2O3S/c13-12-5-2-1-4-11(12)10-18(15,16)14-6-3-8-17-9-7-14/h1-2,4-5H,3,6-10,13H2. The molecule has 0 aliphatic carbocycles. The molecular weight excluding hydrogens is 252 g/mol. The smallest absolute Gasteiger partial charge is 0.218 e. The molecule has 6 heteroatoms. The van der Waals surface area contributed by atoms with Gasteiger partial charge < -0.3 is 10.5 Å². The van der Waals surface area contributed by atoms with E-state index in [0.29, 0.717) is 37.6 Å². The van der Waals surface area contributed by atoms with E-state index in [1.54, 1.807) is 24.3 Å². The molecular formula is C12H18N2O3S. The topological polar surface area (TPSA) is 72.6 Å². The van der Waals surface area contributed by atoms with Crippen molar-refractivity contribution in [3.05, 3.63) is 29.8 Å². The van der Waals surface area contributed by atoms with Crippen molar-refractivity contribution >= 4 is 15.7 Å². The van der Waals surface area contributed by atoms with Crippen LogP contribution in [-0.2, 0) is 20.5 Å². The molecule has 100 valence electrons. The van der Waals surface area contributed by atoms with Gasteiger partial charge in [-0.05, 0) is 18.1 Å². The third-order valence-corrected chi connectivity index (χ3v) is 4.80. The summed E-state index contributed by atoms with van der Waals surface area (Å²) >= 11 is 0. The van der Waals surface area contributed by atoms with Gasteiger partial charge in [0.15, 0.2) is 0 Å². The second-order valence-electron chi connectivity index (χ2n) is 4.32. The fourth-order valence-corrected chi connectivity index (χ4v) is 3.55. The van der Waals surface area contributed by atoms with Gasteiger partial charge in [0.25, 0.3) is 0 Å². The monoisotopic (exact) mass is 270 g/mol. The van der Waals surface area contributed by atoms with E-state index in [4.69, 9.17) is 10.5 Å². The van der Waals surface area contributed by atoms with E-state index in [9.17, 15) is 8.42 Å². The van der Waals surface area contributed by atoms with Crippen LogP contribution in [0.1, 0.15) is 12.0 Å². The van der Waals surface area contributed by atoms with Crippen molar-refractivity contribution in [1.29, 1.82) is 0 Å². The van der Waals surface area contributed by atoms with Gasteiger partial charge in [0, 0.05) is 25.4 Å². The Hall–Kier alpha value is -1.11. The molecule has 0 atom stereocenters. The Balaban J connectivity index is 2.13. The van der Waals surface area contributed by atoms with Crippen LogP contribution in [0.5, 0.6) is 0 Å². The van der Waals surface area contributed by atoms with E-state index < -0.39 is 10.0 Å². The summed E-state index contributed by atoms with van der Waals surface area (Å²) in [5, 5.41) is 0. The van der Waals surface area contributed by atoms with Crippen LogP contribution in [-0.4, -0.2) is 39.0 Å². The van der Waals surface area contributed by atoms with Crippen LogP contribution < -0.4 is 5.73 Å². The molecule has 0 amide bonds. The number of nitrogens with two attached hydrogens (primary N) is 1. The first kappa shape index (κ1) is 13.3. The number of sulfonamides is 1. The van der Waals surface area contributed by atoms with Gasteiger partial charge in [-0.1, -0.05) is 18.2 Å². The van der Waals surface area contributed by atoms with E-state index in [1.807, 2.05) is 0 Å². The Labute approximate surface area is 108 Å². The van der Waals surface area contributed by atoms with Crippen LogP contribution in [0.25, 0.3) is 0 Å². The molecule has 1 fully saturated rings. The fourth-order valence-electron chi connectivity index (χ4n) is 1.95. The normalized spacial score (nSPS) is 18.4. The number of hydrogen-bond acceptors (Lipinski definition) is 4. The molecule has 0 spiro atoms. The average Bonchev–Trinajstić information content (AvgIpc) is 2.61. The van der Waals surface area contributed by atoms with Gasteiger partial charge in [-0.25, -0.2) is 8.42 Å². The first-order chi connectivity index (χ1) is 8.59. The molecule has 18 heavy (non-hydrogen) atoms. The maximum Gasteiger partial charge on any atom is 0.218 e. The van der Waals surface area contributed by atoms with Crippen molar-refractivity contribution < 1.29 is 13.2 Å². The first-order valence-electron chi connectivity index (χ1n) is 5.98. The molecule has 1 aromatic rings. The van der Waals surface area contributed by atoms with Gasteiger partial charge in [-0.3, -0.25) is 0 Å². The highest BCUT2D eigenvalue weighted by atomic mass is 32.2. The predicted octanol–water partition coefficient (Wildman–Crippen LogP) is 0.821. The number of nitrogen functional groups attached to an aromatic ring is 1. The van der Waals surface area contributed by atoms with Gasteiger partial charge in [0.05, 0.1) is 12.4 Å². The van der Waals surface area contributed by atoms with Crippen LogP contribution in [0, 0.1) is 0 Å². The molecule has 5 nitrogen and oxygen atoms in total. The van der Waals surface area contributed by atoms with Crippen molar-refractivity contribution in [2.24, 2.45) is 0 Å². The summed E-state index contributed by atoms with van der Waals surface area (Å²) in [7, 11) is -3.31. The van der Waals surface area contributed by atoms with Gasteiger partial charge >= 0.3 is 0 Å². The van der Waals surface area contributed by atoms with Crippen molar-refractivity contribution in [3.8, 4) is 0 Å². The van der Waals surface area contributed by atoms with Crippen LogP contribution in [0.3, 0.4) is 0 Å². The largest absolute Gasteiger partial charge is 0.398 e. The highest BCUT2D eigenvalue weighted by molar-refractivity contribution is 7.88. The first-order valence-corrected chi connectivity index (χ1v) is 7.59. The lowest BCUT2D eigenvalue weighted by Crippen LogP contribution is -2.34. The van der Waals surface area contributed by atoms with Crippen LogP contribution >= 0.6 is 0 Å². The molecule has 1 heterocycles. The van der Waals surface area contributed by atoms with Gasteiger partial charge in [-0.2, -0.15) is 4.31 Å². The molecule has 1 aromatic carbocycles. The third-order valence-electron chi connectivity index (χ3n) is 2.97. The lowest BCUT2D eigenvalue weighted by Gasteiger charge is -2.19. The molecule has 2 rings (SSSR count). The van der Waals surface area contributed by atoms with Crippen LogP contribution in [0.15, 0.2) is 24.3 Å². The van der Waals surface area contributed by atoms with E-state index in [2.05, 4.69) is 0 Å². The fraction of sp³-hybridized carbons (Fsp3) is 0.500. The number of nitrogens with zero attached hydrogens (tertiary/aromatic N) is 1. The molecule has 0 unspecified atom stereocenters. The van der Waals surface area contributed by atoms with E-state index in [1.165, 1.54) is 4.31 Å².